The summed E-state index contributed by atoms with van der Waals surface area (Å²) in [5, 5.41) is 4.83. The van der Waals surface area contributed by atoms with E-state index in [0.717, 1.165) is 18.5 Å². The average molecular weight is 379 g/mol. The predicted molar refractivity (Wildman–Crippen MR) is 114 cm³/mol. The zero-order chi connectivity index (χ0) is 18.9. The number of hydrogen-bond acceptors (Lipinski definition) is 3. The SMILES string of the molecule is Cn1cc(CN2CCN3CCC[C@H]3C2)c(-c2ccc(C3CCCCC3)cc2)n1. The van der Waals surface area contributed by atoms with E-state index in [1.165, 1.54) is 93.5 Å². The number of rotatable bonds is 4. The lowest BCUT2D eigenvalue weighted by Crippen LogP contribution is -2.49. The highest BCUT2D eigenvalue weighted by Gasteiger charge is 2.30. The van der Waals surface area contributed by atoms with Crippen LogP contribution in [0.25, 0.3) is 11.3 Å². The summed E-state index contributed by atoms with van der Waals surface area (Å²) in [4.78, 5) is 5.33. The number of fused-ring (bicyclic) bond motifs is 1. The van der Waals surface area contributed by atoms with Gasteiger partial charge in [0.25, 0.3) is 0 Å². The Morgan fingerprint density at radius 1 is 0.929 bits per heavy atom. The van der Waals surface area contributed by atoms with Crippen LogP contribution in [0.4, 0.5) is 0 Å². The van der Waals surface area contributed by atoms with Gasteiger partial charge in [-0.25, -0.2) is 0 Å². The Kier molecular flexibility index (Phi) is 5.25. The van der Waals surface area contributed by atoms with Crippen LogP contribution >= 0.6 is 0 Å². The molecule has 3 aliphatic rings. The zero-order valence-corrected chi connectivity index (χ0v) is 17.3. The van der Waals surface area contributed by atoms with E-state index in [0.29, 0.717) is 0 Å². The highest BCUT2D eigenvalue weighted by atomic mass is 15.3. The Labute approximate surface area is 169 Å². The Balaban J connectivity index is 1.31. The van der Waals surface area contributed by atoms with Gasteiger partial charge in [-0.05, 0) is 43.7 Å². The number of hydrogen-bond donors (Lipinski definition) is 0. The van der Waals surface area contributed by atoms with Gasteiger partial charge in [0.2, 0.25) is 0 Å². The maximum Gasteiger partial charge on any atom is 0.0968 e. The fourth-order valence-corrected chi connectivity index (χ4v) is 5.69. The largest absolute Gasteiger partial charge is 0.298 e. The van der Waals surface area contributed by atoms with Crippen molar-refractivity contribution in [2.75, 3.05) is 26.2 Å². The van der Waals surface area contributed by atoms with Gasteiger partial charge in [0, 0.05) is 56.6 Å². The summed E-state index contributed by atoms with van der Waals surface area (Å²) < 4.78 is 1.99. The molecule has 3 heterocycles. The van der Waals surface area contributed by atoms with Crippen LogP contribution in [0.2, 0.25) is 0 Å². The third-order valence-electron chi connectivity index (χ3n) is 7.23. The second-order valence-corrected chi connectivity index (χ2v) is 9.20. The second kappa shape index (κ2) is 8.00. The van der Waals surface area contributed by atoms with Crippen LogP contribution in [0.5, 0.6) is 0 Å². The van der Waals surface area contributed by atoms with Gasteiger partial charge in [0.05, 0.1) is 5.69 Å². The lowest BCUT2D eigenvalue weighted by atomic mass is 9.84. The molecule has 0 unspecified atom stereocenters. The topological polar surface area (TPSA) is 24.3 Å². The van der Waals surface area contributed by atoms with E-state index in [1.807, 2.05) is 4.68 Å². The number of piperazine rings is 1. The van der Waals surface area contributed by atoms with Gasteiger partial charge in [0.1, 0.15) is 0 Å². The van der Waals surface area contributed by atoms with E-state index >= 15 is 0 Å². The maximum atomic E-state index is 4.83. The molecule has 0 spiro atoms. The van der Waals surface area contributed by atoms with Crippen molar-refractivity contribution >= 4 is 0 Å². The monoisotopic (exact) mass is 378 g/mol. The third kappa shape index (κ3) is 3.77. The summed E-state index contributed by atoms with van der Waals surface area (Å²) in [6, 6.07) is 10.1. The first kappa shape index (κ1) is 18.4. The van der Waals surface area contributed by atoms with Crippen LogP contribution in [0.15, 0.2) is 30.5 Å². The van der Waals surface area contributed by atoms with Gasteiger partial charge >= 0.3 is 0 Å². The lowest BCUT2D eigenvalue weighted by Gasteiger charge is -2.37. The van der Waals surface area contributed by atoms with E-state index in [2.05, 4.69) is 47.3 Å². The van der Waals surface area contributed by atoms with E-state index in [1.54, 1.807) is 0 Å². The minimum absolute atomic E-state index is 0.772. The fourth-order valence-electron chi connectivity index (χ4n) is 5.69. The maximum absolute atomic E-state index is 4.83. The molecule has 2 aliphatic heterocycles. The van der Waals surface area contributed by atoms with Gasteiger partial charge in [-0.3, -0.25) is 14.5 Å². The van der Waals surface area contributed by atoms with Crippen molar-refractivity contribution in [2.45, 2.75) is 63.5 Å². The van der Waals surface area contributed by atoms with Crippen LogP contribution in [0.1, 0.15) is 62.0 Å². The second-order valence-electron chi connectivity index (χ2n) is 9.20. The molecule has 28 heavy (non-hydrogen) atoms. The van der Waals surface area contributed by atoms with Crippen LogP contribution in [-0.2, 0) is 13.6 Å². The van der Waals surface area contributed by atoms with Crippen molar-refractivity contribution in [3.8, 4) is 11.3 Å². The van der Waals surface area contributed by atoms with Crippen LogP contribution in [0.3, 0.4) is 0 Å². The standard InChI is InChI=1S/C24H34N4/c1-26-16-22(17-27-14-15-28-13-5-8-23(28)18-27)24(25-26)21-11-9-20(10-12-21)19-6-3-2-4-7-19/h9-12,16,19,23H,2-8,13-15,17-18H2,1H3/t23-/m0/s1. The minimum Gasteiger partial charge on any atom is -0.298 e. The van der Waals surface area contributed by atoms with Crippen molar-refractivity contribution in [3.63, 3.8) is 0 Å². The van der Waals surface area contributed by atoms with Gasteiger partial charge in [-0.15, -0.1) is 0 Å². The van der Waals surface area contributed by atoms with Crippen molar-refractivity contribution in [3.05, 3.63) is 41.6 Å². The summed E-state index contributed by atoms with van der Waals surface area (Å²) >= 11 is 0. The van der Waals surface area contributed by atoms with Crippen molar-refractivity contribution in [2.24, 2.45) is 7.05 Å². The van der Waals surface area contributed by atoms with E-state index in [4.69, 9.17) is 5.10 Å². The molecule has 150 valence electrons. The van der Waals surface area contributed by atoms with E-state index in [9.17, 15) is 0 Å². The summed E-state index contributed by atoms with van der Waals surface area (Å²) in [6.07, 6.45) is 11.9. The zero-order valence-electron chi connectivity index (χ0n) is 17.3. The summed E-state index contributed by atoms with van der Waals surface area (Å²) in [5.41, 5.74) is 5.35. The van der Waals surface area contributed by atoms with Gasteiger partial charge in [-0.1, -0.05) is 43.5 Å². The molecule has 1 saturated carbocycles. The van der Waals surface area contributed by atoms with Crippen LogP contribution in [0, 0.1) is 0 Å². The lowest BCUT2D eigenvalue weighted by molar-refractivity contribution is 0.0995. The Bertz CT molecular complexity index is 787. The van der Waals surface area contributed by atoms with Gasteiger partial charge in [-0.2, -0.15) is 5.10 Å². The molecular formula is C24H34N4. The highest BCUT2D eigenvalue weighted by molar-refractivity contribution is 5.63. The number of aromatic nitrogens is 2. The van der Waals surface area contributed by atoms with Crippen molar-refractivity contribution in [1.29, 1.82) is 0 Å². The number of benzene rings is 1. The highest BCUT2D eigenvalue weighted by Crippen LogP contribution is 2.34. The van der Waals surface area contributed by atoms with Crippen LogP contribution < -0.4 is 0 Å². The molecule has 4 heteroatoms. The number of nitrogens with zero attached hydrogens (tertiary/aromatic N) is 4. The number of aryl methyl sites for hydroxylation is 1. The van der Waals surface area contributed by atoms with E-state index < -0.39 is 0 Å². The normalized spacial score (nSPS) is 24.5. The first-order chi connectivity index (χ1) is 13.8. The molecule has 2 saturated heterocycles. The Morgan fingerprint density at radius 3 is 2.57 bits per heavy atom. The van der Waals surface area contributed by atoms with Gasteiger partial charge < -0.3 is 0 Å². The average Bonchev–Trinajstić information content (AvgIpc) is 3.35. The predicted octanol–water partition coefficient (Wildman–Crippen LogP) is 4.41. The first-order valence-electron chi connectivity index (χ1n) is 11.4. The Hall–Kier alpha value is -1.65. The molecule has 3 fully saturated rings. The van der Waals surface area contributed by atoms with E-state index in [-0.39, 0.29) is 0 Å². The molecule has 1 aromatic carbocycles. The first-order valence-corrected chi connectivity index (χ1v) is 11.4. The molecule has 2 aromatic rings. The molecule has 5 rings (SSSR count). The molecule has 0 N–H and O–H groups in total. The van der Waals surface area contributed by atoms with Crippen LogP contribution in [-0.4, -0.2) is 51.8 Å². The smallest absolute Gasteiger partial charge is 0.0968 e. The molecule has 0 bridgehead atoms. The van der Waals surface area contributed by atoms with Gasteiger partial charge in [0.15, 0.2) is 0 Å². The quantitative estimate of drug-likeness (QED) is 0.787. The Morgan fingerprint density at radius 2 is 1.75 bits per heavy atom. The minimum atomic E-state index is 0.772. The molecule has 0 amide bonds. The fraction of sp³-hybridized carbons (Fsp3) is 0.625. The molecule has 1 aromatic heterocycles. The molecule has 4 nitrogen and oxygen atoms in total. The molecular weight excluding hydrogens is 344 g/mol. The summed E-state index contributed by atoms with van der Waals surface area (Å²) in [6.45, 7) is 5.97. The van der Waals surface area contributed by atoms with Crippen molar-refractivity contribution < 1.29 is 0 Å². The third-order valence-corrected chi connectivity index (χ3v) is 7.23. The summed E-state index contributed by atoms with van der Waals surface area (Å²) in [7, 11) is 2.05. The molecule has 1 atom stereocenters. The summed E-state index contributed by atoms with van der Waals surface area (Å²) in [5.74, 6) is 0.772. The van der Waals surface area contributed by atoms with Crippen molar-refractivity contribution in [1.82, 2.24) is 19.6 Å². The molecule has 0 radical (unpaired) electrons. The molecule has 1 aliphatic carbocycles.